The highest BCUT2D eigenvalue weighted by atomic mass is 19.4. The molecule has 0 aliphatic carbocycles. The van der Waals surface area contributed by atoms with Gasteiger partial charge in [-0.3, -0.25) is 0 Å². The van der Waals surface area contributed by atoms with Crippen molar-refractivity contribution in [2.45, 2.75) is 32.5 Å². The van der Waals surface area contributed by atoms with E-state index in [4.69, 9.17) is 4.74 Å². The molecule has 4 aromatic carbocycles. The van der Waals surface area contributed by atoms with Gasteiger partial charge in [0.2, 0.25) is 0 Å². The van der Waals surface area contributed by atoms with Gasteiger partial charge in [-0.25, -0.2) is 13.2 Å². The highest BCUT2D eigenvalue weighted by molar-refractivity contribution is 5.88. The zero-order valence-corrected chi connectivity index (χ0v) is 19.3. The third-order valence-electron chi connectivity index (χ3n) is 5.66. The van der Waals surface area contributed by atoms with Gasteiger partial charge in [-0.15, -0.1) is 13.2 Å². The van der Waals surface area contributed by atoms with E-state index >= 15 is 4.39 Å². The van der Waals surface area contributed by atoms with Crippen molar-refractivity contribution >= 4 is 10.8 Å². The maximum absolute atomic E-state index is 15.2. The normalized spacial score (nSPS) is 11.6. The van der Waals surface area contributed by atoms with E-state index in [2.05, 4.69) is 4.74 Å². The minimum absolute atomic E-state index is 0.205. The van der Waals surface area contributed by atoms with Crippen molar-refractivity contribution in [2.75, 3.05) is 6.61 Å². The summed E-state index contributed by atoms with van der Waals surface area (Å²) in [7, 11) is 0. The van der Waals surface area contributed by atoms with E-state index in [1.807, 2.05) is 6.92 Å². The molecular weight excluding hydrogens is 482 g/mol. The van der Waals surface area contributed by atoms with Crippen LogP contribution < -0.4 is 9.47 Å². The second-order valence-electron chi connectivity index (χ2n) is 8.28. The molecule has 0 aliphatic rings. The molecule has 8 heteroatoms. The lowest BCUT2D eigenvalue weighted by Gasteiger charge is -2.12. The number of rotatable bonds is 8. The molecule has 0 N–H and O–H groups in total. The number of aryl methyl sites for hydroxylation is 2. The minimum atomic E-state index is -4.99. The van der Waals surface area contributed by atoms with Gasteiger partial charge in [-0.2, -0.15) is 0 Å². The van der Waals surface area contributed by atoms with Crippen LogP contribution in [0.4, 0.5) is 26.3 Å². The number of alkyl halides is 3. The van der Waals surface area contributed by atoms with Gasteiger partial charge >= 0.3 is 6.36 Å². The Labute approximate surface area is 204 Å². The molecule has 0 aliphatic heterocycles. The van der Waals surface area contributed by atoms with Gasteiger partial charge < -0.3 is 9.47 Å². The molecule has 0 spiro atoms. The number of hydrogen-bond acceptors (Lipinski definition) is 2. The molecule has 36 heavy (non-hydrogen) atoms. The van der Waals surface area contributed by atoms with E-state index in [1.165, 1.54) is 12.1 Å². The molecule has 4 rings (SSSR count). The second kappa shape index (κ2) is 10.5. The summed E-state index contributed by atoms with van der Waals surface area (Å²) in [6.45, 7) is 2.45. The Morgan fingerprint density at radius 2 is 1.58 bits per heavy atom. The predicted octanol–water partition coefficient (Wildman–Crippen LogP) is 8.40. The summed E-state index contributed by atoms with van der Waals surface area (Å²) in [5, 5.41) is 0.929. The molecule has 0 bridgehead atoms. The summed E-state index contributed by atoms with van der Waals surface area (Å²) in [4.78, 5) is 0. The van der Waals surface area contributed by atoms with E-state index in [0.29, 0.717) is 45.4 Å². The number of fused-ring (bicyclic) bond motifs is 1. The Balaban J connectivity index is 1.51. The van der Waals surface area contributed by atoms with Crippen LogP contribution in [0.25, 0.3) is 21.9 Å². The highest BCUT2D eigenvalue weighted by Crippen LogP contribution is 2.31. The van der Waals surface area contributed by atoms with E-state index < -0.39 is 29.6 Å². The van der Waals surface area contributed by atoms with Crippen LogP contribution in [0.5, 0.6) is 11.5 Å². The average Bonchev–Trinajstić information content (AvgIpc) is 2.83. The highest BCUT2D eigenvalue weighted by Gasteiger charge is 2.32. The summed E-state index contributed by atoms with van der Waals surface area (Å²) in [6.07, 6.45) is -3.77. The third kappa shape index (κ3) is 5.93. The van der Waals surface area contributed by atoms with Gasteiger partial charge in [-0.05, 0) is 71.7 Å². The van der Waals surface area contributed by atoms with Gasteiger partial charge in [0.15, 0.2) is 11.6 Å². The lowest BCUT2D eigenvalue weighted by Crippen LogP contribution is -2.18. The molecule has 0 aromatic heterocycles. The minimum Gasteiger partial charge on any atom is -0.494 e. The van der Waals surface area contributed by atoms with Gasteiger partial charge in [0.25, 0.3) is 0 Å². The summed E-state index contributed by atoms with van der Waals surface area (Å²) < 4.78 is 89.8. The van der Waals surface area contributed by atoms with Crippen molar-refractivity contribution in [2.24, 2.45) is 0 Å². The quantitative estimate of drug-likeness (QED) is 0.224. The smallest absolute Gasteiger partial charge is 0.494 e. The van der Waals surface area contributed by atoms with Crippen molar-refractivity contribution in [3.05, 3.63) is 95.3 Å². The zero-order chi connectivity index (χ0) is 25.9. The molecule has 2 nitrogen and oxygen atoms in total. The molecule has 0 saturated heterocycles. The van der Waals surface area contributed by atoms with Crippen LogP contribution >= 0.6 is 0 Å². The summed E-state index contributed by atoms with van der Waals surface area (Å²) in [6, 6.07) is 16.0. The van der Waals surface area contributed by atoms with E-state index in [0.717, 1.165) is 18.6 Å². The maximum atomic E-state index is 15.2. The van der Waals surface area contributed by atoms with Gasteiger partial charge in [-0.1, -0.05) is 37.3 Å². The molecule has 188 valence electrons. The van der Waals surface area contributed by atoms with Crippen molar-refractivity contribution in [1.82, 2.24) is 0 Å². The molecule has 0 saturated carbocycles. The Morgan fingerprint density at radius 1 is 0.778 bits per heavy atom. The number of halogens is 6. The fourth-order valence-electron chi connectivity index (χ4n) is 3.92. The van der Waals surface area contributed by atoms with Crippen molar-refractivity contribution in [3.63, 3.8) is 0 Å². The number of benzene rings is 4. The molecule has 0 atom stereocenters. The van der Waals surface area contributed by atoms with E-state index in [-0.39, 0.29) is 12.8 Å². The van der Waals surface area contributed by atoms with Crippen LogP contribution in [0, 0.1) is 17.5 Å². The first-order chi connectivity index (χ1) is 17.1. The Kier molecular flexibility index (Phi) is 7.43. The van der Waals surface area contributed by atoms with E-state index in [1.54, 1.807) is 42.5 Å². The first kappa shape index (κ1) is 25.4. The monoisotopic (exact) mass is 504 g/mol. The third-order valence-corrected chi connectivity index (χ3v) is 5.66. The Morgan fingerprint density at radius 3 is 2.28 bits per heavy atom. The molecule has 0 heterocycles. The molecular formula is C28H22F6O2. The largest absolute Gasteiger partial charge is 0.573 e. The van der Waals surface area contributed by atoms with Crippen LogP contribution in [-0.2, 0) is 12.8 Å². The average molecular weight is 504 g/mol. The lowest BCUT2D eigenvalue weighted by atomic mass is 9.97. The molecule has 0 amide bonds. The first-order valence-electron chi connectivity index (χ1n) is 11.3. The predicted molar refractivity (Wildman–Crippen MR) is 126 cm³/mol. The van der Waals surface area contributed by atoms with Crippen LogP contribution in [0.3, 0.4) is 0 Å². The number of ether oxygens (including phenoxy) is 2. The van der Waals surface area contributed by atoms with Crippen LogP contribution in [0.15, 0.2) is 66.7 Å². The van der Waals surface area contributed by atoms with Gasteiger partial charge in [0.1, 0.15) is 17.4 Å². The summed E-state index contributed by atoms with van der Waals surface area (Å²) in [5.41, 5.74) is 1.73. The molecule has 4 aromatic rings. The SMILES string of the molecule is CCCOc1ccc(-c2ccc3c(F)c(CCc4ccc(OC(F)(F)F)c(F)c4)ccc3c2)c(F)c1. The molecule has 0 unspecified atom stereocenters. The fraction of sp³-hybridized carbons (Fsp3) is 0.214. The lowest BCUT2D eigenvalue weighted by molar-refractivity contribution is -0.275. The molecule has 0 radical (unpaired) electrons. The van der Waals surface area contributed by atoms with E-state index in [9.17, 15) is 22.0 Å². The molecule has 0 fully saturated rings. The number of hydrogen-bond donors (Lipinski definition) is 0. The van der Waals surface area contributed by atoms with Crippen LogP contribution in [0.1, 0.15) is 24.5 Å². The summed E-state index contributed by atoms with van der Waals surface area (Å²) in [5.74, 6) is -2.52. The van der Waals surface area contributed by atoms with Gasteiger partial charge in [0.05, 0.1) is 6.61 Å². The van der Waals surface area contributed by atoms with Crippen LogP contribution in [-0.4, -0.2) is 13.0 Å². The second-order valence-corrected chi connectivity index (χ2v) is 8.28. The Hall–Kier alpha value is -3.68. The van der Waals surface area contributed by atoms with Crippen LogP contribution in [0.2, 0.25) is 0 Å². The van der Waals surface area contributed by atoms with Crippen molar-refractivity contribution in [1.29, 1.82) is 0 Å². The first-order valence-corrected chi connectivity index (χ1v) is 11.3. The topological polar surface area (TPSA) is 18.5 Å². The standard InChI is InChI=1S/C28H22F6O2/c1-2-13-35-21-9-11-22(24(29)16-21)19-8-10-23-20(15-19)7-6-18(27(23)31)5-3-17-4-12-26(25(30)14-17)36-28(32,33)34/h4,6-12,14-16H,2-3,5,13H2,1H3. The van der Waals surface area contributed by atoms with Crippen molar-refractivity contribution in [3.8, 4) is 22.6 Å². The van der Waals surface area contributed by atoms with Gasteiger partial charge in [0, 0.05) is 17.0 Å². The summed E-state index contributed by atoms with van der Waals surface area (Å²) >= 11 is 0. The fourth-order valence-corrected chi connectivity index (χ4v) is 3.92. The zero-order valence-electron chi connectivity index (χ0n) is 19.3. The van der Waals surface area contributed by atoms with Crippen molar-refractivity contribution < 1.29 is 35.8 Å². The Bertz CT molecular complexity index is 1380. The maximum Gasteiger partial charge on any atom is 0.573 e.